The Balaban J connectivity index is 0.788. The van der Waals surface area contributed by atoms with Gasteiger partial charge in [-0.3, -0.25) is 29.3 Å². The second-order valence-corrected chi connectivity index (χ2v) is 21.9. The summed E-state index contributed by atoms with van der Waals surface area (Å²) in [5.74, 6) is 4.14. The van der Waals surface area contributed by atoms with Crippen LogP contribution in [0.3, 0.4) is 0 Å². The van der Waals surface area contributed by atoms with Crippen molar-refractivity contribution in [3.63, 3.8) is 0 Å². The first-order chi connectivity index (χ1) is 36.1. The molecular weight excluding hydrogens is 977 g/mol. The first-order valence-electron chi connectivity index (χ1n) is 25.5. The zero-order valence-corrected chi connectivity index (χ0v) is 43.3. The van der Waals surface area contributed by atoms with Gasteiger partial charge in [0.1, 0.15) is 19.0 Å². The molecule has 4 aliphatic heterocycles. The van der Waals surface area contributed by atoms with Crippen molar-refractivity contribution >= 4 is 74.4 Å². The minimum absolute atomic E-state index is 0.00425. The van der Waals surface area contributed by atoms with E-state index in [4.69, 9.17) is 39.4 Å². The number of hydrogen-bond acceptors (Lipinski definition) is 15. The Bertz CT molecular complexity index is 2950. The van der Waals surface area contributed by atoms with Crippen molar-refractivity contribution < 1.29 is 43.2 Å². The fraction of sp³-hybridized carbons (Fsp3) is 0.386. The van der Waals surface area contributed by atoms with Gasteiger partial charge in [-0.1, -0.05) is 64.4 Å². The molecule has 0 bridgehead atoms. The maximum absolute atomic E-state index is 14.1. The number of aliphatic hydroxyl groups is 1. The second kappa shape index (κ2) is 23.3. The van der Waals surface area contributed by atoms with Crippen molar-refractivity contribution in [2.24, 2.45) is 21.6 Å². The van der Waals surface area contributed by atoms with Gasteiger partial charge >= 0.3 is 0 Å². The molecule has 0 saturated heterocycles. The molecule has 5 aromatic rings. The fourth-order valence-electron chi connectivity index (χ4n) is 10.2. The summed E-state index contributed by atoms with van der Waals surface area (Å²) in [5.41, 5.74) is 14.0. The highest BCUT2D eigenvalue weighted by Crippen LogP contribution is 2.46. The number of methoxy groups -OCH3 is 2. The summed E-state index contributed by atoms with van der Waals surface area (Å²) in [4.78, 5) is 52.5. The van der Waals surface area contributed by atoms with Crippen LogP contribution < -0.4 is 44.5 Å². The number of nitrogens with one attached hydrogen (secondary N) is 1. The number of carbonyl (C=O) groups excluding carboxylic acids is 3. The highest BCUT2D eigenvalue weighted by molar-refractivity contribution is 8.76. The number of Topliss-reactive ketones (excluding diaryl/α,β-unsaturated/α-hetero) is 1. The van der Waals surface area contributed by atoms with E-state index in [1.54, 1.807) is 65.0 Å². The summed E-state index contributed by atoms with van der Waals surface area (Å²) in [6, 6.07) is 28.2. The molecule has 1 fully saturated rings. The Hall–Kier alpha value is -6.53. The van der Waals surface area contributed by atoms with Gasteiger partial charge < -0.3 is 44.7 Å². The molecule has 5 aromatic carbocycles. The third-order valence-electron chi connectivity index (χ3n) is 14.3. The third kappa shape index (κ3) is 11.3. The van der Waals surface area contributed by atoms with E-state index in [1.165, 1.54) is 0 Å². The predicted molar refractivity (Wildman–Crippen MR) is 292 cm³/mol. The summed E-state index contributed by atoms with van der Waals surface area (Å²) in [7, 11) is 6.49. The molecule has 0 aromatic heterocycles. The largest absolute Gasteiger partial charge is 0.494 e. The first-order valence-corrected chi connectivity index (χ1v) is 27.9. The number of benzene rings is 5. The molecule has 0 radical (unpaired) electrons. The number of amides is 2. The second-order valence-electron chi connectivity index (χ2n) is 19.2. The molecule has 5 aliphatic rings. The molecule has 1 aliphatic carbocycles. The van der Waals surface area contributed by atoms with Crippen LogP contribution in [0.15, 0.2) is 101 Å². The smallest absolute Gasteiger partial charge is 0.261 e. The molecule has 15 nitrogen and oxygen atoms in total. The fourth-order valence-corrected chi connectivity index (χ4v) is 12.2. The lowest BCUT2D eigenvalue weighted by Crippen LogP contribution is -2.38. The maximum atomic E-state index is 14.1. The van der Waals surface area contributed by atoms with Gasteiger partial charge in [0.05, 0.1) is 55.9 Å². The zero-order valence-electron chi connectivity index (χ0n) is 41.7. The van der Waals surface area contributed by atoms with Gasteiger partial charge in [0.15, 0.2) is 35.0 Å². The quantitative estimate of drug-likeness (QED) is 0.0415. The van der Waals surface area contributed by atoms with Gasteiger partial charge in [-0.2, -0.15) is 0 Å². The molecule has 0 spiro atoms. The van der Waals surface area contributed by atoms with Crippen LogP contribution in [0.1, 0.15) is 89.3 Å². The number of unbranched alkanes of at least 4 members (excludes halogenated alkanes) is 1. The standard InChI is InChI=1S/C57H62N6O9S2/c1-68-50-27-43-46(60-31-40-25-38-10-3-5-14-48(38)62(40)56(43)66)29-52(50)71-33-35-22-36(24-42(23-35)70-19-8-7-16-54(64)59-18-21-74-73-20-17-45(58)55(65)37-12-9-13-37)34-72-53-30-47-44(28-51(53)69-2)57(67)63-41(32-61-47)26-39-11-4-6-15-49(39)63/h3-6,10-11,14-15,22-24,27-32,37,40-41,45,56,66H,7-9,12-13,16-21,25-26,33-34,58H2,1-2H3,(H,59,64). The Kier molecular flexibility index (Phi) is 16.1. The molecule has 4 heterocycles. The molecule has 386 valence electrons. The summed E-state index contributed by atoms with van der Waals surface area (Å²) < 4.78 is 30.9. The number of ketones is 1. The third-order valence-corrected chi connectivity index (χ3v) is 16.7. The highest BCUT2D eigenvalue weighted by atomic mass is 33.1. The van der Waals surface area contributed by atoms with E-state index in [-0.39, 0.29) is 54.9 Å². The number of para-hydroxylation sites is 2. The average Bonchev–Trinajstić information content (AvgIpc) is 3.89. The van der Waals surface area contributed by atoms with Crippen LogP contribution in [0.5, 0.6) is 28.7 Å². The summed E-state index contributed by atoms with van der Waals surface area (Å²) in [5, 5.41) is 14.8. The molecule has 4 unspecified atom stereocenters. The normalized spacial score (nSPS) is 18.4. The van der Waals surface area contributed by atoms with Gasteiger partial charge in [0.2, 0.25) is 5.91 Å². The van der Waals surface area contributed by atoms with Crippen molar-refractivity contribution in [1.29, 1.82) is 0 Å². The zero-order chi connectivity index (χ0) is 51.1. The van der Waals surface area contributed by atoms with E-state index in [9.17, 15) is 19.5 Å². The lowest BCUT2D eigenvalue weighted by atomic mass is 9.79. The van der Waals surface area contributed by atoms with E-state index in [0.717, 1.165) is 70.8 Å². The summed E-state index contributed by atoms with van der Waals surface area (Å²) in [6.07, 6.45) is 9.65. The number of aliphatic hydroxyl groups excluding tert-OH is 1. The van der Waals surface area contributed by atoms with E-state index >= 15 is 0 Å². The Labute approximate surface area is 439 Å². The van der Waals surface area contributed by atoms with Crippen molar-refractivity contribution in [1.82, 2.24) is 5.32 Å². The minimum atomic E-state index is -0.944. The number of fused-ring (bicyclic) bond motifs is 8. The van der Waals surface area contributed by atoms with Crippen LogP contribution in [-0.2, 0) is 35.6 Å². The molecule has 1 saturated carbocycles. The van der Waals surface area contributed by atoms with Gasteiger partial charge in [0, 0.05) is 84.7 Å². The number of aliphatic imine (C=N–C) groups is 2. The van der Waals surface area contributed by atoms with Gasteiger partial charge in [-0.25, -0.2) is 0 Å². The van der Waals surface area contributed by atoms with E-state index in [1.807, 2.05) is 78.0 Å². The molecule has 17 heteroatoms. The molecule has 4 atom stereocenters. The molecular formula is C57H62N6O9S2. The highest BCUT2D eigenvalue weighted by Gasteiger charge is 2.38. The summed E-state index contributed by atoms with van der Waals surface area (Å²) in [6.45, 7) is 1.21. The lowest BCUT2D eigenvalue weighted by molar-refractivity contribution is -0.126. The lowest BCUT2D eigenvalue weighted by Gasteiger charge is -2.29. The number of anilines is 2. The monoisotopic (exact) mass is 1040 g/mol. The topological polar surface area (TPSA) is 187 Å². The number of ether oxygens (including phenoxy) is 5. The van der Waals surface area contributed by atoms with Crippen molar-refractivity contribution in [3.05, 3.63) is 124 Å². The molecule has 4 N–H and O–H groups in total. The number of nitrogens with two attached hydrogens (primary N) is 1. The Morgan fingerprint density at radius 3 is 2.15 bits per heavy atom. The van der Waals surface area contributed by atoms with E-state index in [2.05, 4.69) is 11.4 Å². The van der Waals surface area contributed by atoms with Gasteiger partial charge in [0.25, 0.3) is 5.91 Å². The van der Waals surface area contributed by atoms with Crippen LogP contribution in [0.25, 0.3) is 0 Å². The van der Waals surface area contributed by atoms with Crippen molar-refractivity contribution in [2.45, 2.75) is 95.4 Å². The minimum Gasteiger partial charge on any atom is -0.494 e. The van der Waals surface area contributed by atoms with Crippen molar-refractivity contribution in [3.8, 4) is 28.7 Å². The van der Waals surface area contributed by atoms with E-state index in [0.29, 0.717) is 96.5 Å². The number of carbonyl (C=O) groups is 3. The van der Waals surface area contributed by atoms with E-state index < -0.39 is 6.23 Å². The average molecular weight is 1040 g/mol. The predicted octanol–water partition coefficient (Wildman–Crippen LogP) is 9.42. The Morgan fingerprint density at radius 2 is 1.42 bits per heavy atom. The number of nitrogens with zero attached hydrogens (tertiary/aromatic N) is 4. The number of rotatable bonds is 23. The van der Waals surface area contributed by atoms with Crippen LogP contribution >= 0.6 is 21.6 Å². The van der Waals surface area contributed by atoms with Crippen LogP contribution in [0.4, 0.5) is 22.7 Å². The van der Waals surface area contributed by atoms with Crippen LogP contribution in [0, 0.1) is 5.92 Å². The summed E-state index contributed by atoms with van der Waals surface area (Å²) >= 11 is 0. The first kappa shape index (κ1) is 51.0. The Morgan fingerprint density at radius 1 is 0.770 bits per heavy atom. The van der Waals surface area contributed by atoms with Crippen LogP contribution in [-0.4, -0.2) is 92.1 Å². The van der Waals surface area contributed by atoms with Crippen LogP contribution in [0.2, 0.25) is 0 Å². The molecule has 74 heavy (non-hydrogen) atoms. The molecule has 2 amide bonds. The number of hydrogen-bond donors (Lipinski definition) is 3. The van der Waals surface area contributed by atoms with Gasteiger partial charge in [-0.05, 0) is 96.8 Å². The van der Waals surface area contributed by atoms with Crippen molar-refractivity contribution in [2.75, 3.05) is 48.7 Å². The maximum Gasteiger partial charge on any atom is 0.261 e. The molecule has 10 rings (SSSR count). The SMILES string of the molecule is COc1cc2c(cc1OCc1cc(COc3cc4c(cc3OC)C(O)N3c5ccccc5CC3C=N4)cc(OCCCCC(=O)NCCSSCCC(N)C(=O)C3CCC3)c1)N=CC1Cc3ccccc3N1C2=O. The van der Waals surface area contributed by atoms with Gasteiger partial charge in [-0.15, -0.1) is 0 Å².